The maximum atomic E-state index is 13.5. The van der Waals surface area contributed by atoms with Gasteiger partial charge in [-0.1, -0.05) is 24.3 Å². The third-order valence-corrected chi connectivity index (χ3v) is 11.3. The summed E-state index contributed by atoms with van der Waals surface area (Å²) in [6.07, 6.45) is 6.25. The molecule has 4 saturated carbocycles. The number of rotatable bonds is 4. The number of amidine groups is 1. The number of sulfonamides is 1. The van der Waals surface area contributed by atoms with Crippen molar-refractivity contribution in [3.63, 3.8) is 0 Å². The van der Waals surface area contributed by atoms with Crippen molar-refractivity contribution in [2.24, 2.45) is 28.0 Å². The van der Waals surface area contributed by atoms with Crippen molar-refractivity contribution in [2.75, 3.05) is 13.1 Å². The Kier molecular flexibility index (Phi) is 5.11. The van der Waals surface area contributed by atoms with E-state index in [1.807, 2.05) is 26.0 Å². The largest absolute Gasteiger partial charge is 0.457 e. The number of primary amides is 1. The van der Waals surface area contributed by atoms with E-state index in [0.29, 0.717) is 23.8 Å². The van der Waals surface area contributed by atoms with Crippen LogP contribution in [0.25, 0.3) is 0 Å². The predicted octanol–water partition coefficient (Wildman–Crippen LogP) is 2.71. The van der Waals surface area contributed by atoms with Crippen LogP contribution in [0, 0.1) is 17.3 Å². The lowest BCUT2D eigenvalue weighted by Crippen LogP contribution is -2.54. The van der Waals surface area contributed by atoms with E-state index < -0.39 is 31.8 Å². The lowest BCUT2D eigenvalue weighted by atomic mass is 9.68. The Morgan fingerprint density at radius 1 is 1.09 bits per heavy atom. The third kappa shape index (κ3) is 3.68. The summed E-state index contributed by atoms with van der Waals surface area (Å²) in [5.74, 6) is 0.929. The lowest BCUT2D eigenvalue weighted by Gasteiger charge is -2.41. The highest BCUT2D eigenvalue weighted by molar-refractivity contribution is 7.90. The number of hydrogen-bond donors (Lipinski definition) is 3. The van der Waals surface area contributed by atoms with E-state index in [1.54, 1.807) is 0 Å². The number of nitrogens with two attached hydrogens (primary N) is 1. The van der Waals surface area contributed by atoms with Crippen LogP contribution in [-0.4, -0.2) is 44.6 Å². The van der Waals surface area contributed by atoms with E-state index in [0.717, 1.165) is 51.6 Å². The second-order valence-electron chi connectivity index (χ2n) is 12.2. The first-order valence-electron chi connectivity index (χ1n) is 12.9. The molecule has 0 spiro atoms. The van der Waals surface area contributed by atoms with Crippen molar-refractivity contribution in [1.82, 2.24) is 10.0 Å². The lowest BCUT2D eigenvalue weighted by molar-refractivity contribution is -0.130. The Bertz CT molecular complexity index is 1170. The first-order valence-corrected chi connectivity index (χ1v) is 14.5. The van der Waals surface area contributed by atoms with E-state index >= 15 is 0 Å². The number of amides is 1. The van der Waals surface area contributed by atoms with Gasteiger partial charge in [0, 0.05) is 0 Å². The summed E-state index contributed by atoms with van der Waals surface area (Å²) in [5, 5.41) is 2.53. The summed E-state index contributed by atoms with van der Waals surface area (Å²) >= 11 is 0. The molecule has 1 aromatic rings. The van der Waals surface area contributed by atoms with Gasteiger partial charge >= 0.3 is 0 Å². The Labute approximate surface area is 207 Å². The fourth-order valence-corrected chi connectivity index (χ4v) is 9.88. The molecule has 2 heterocycles. The fourth-order valence-electron chi connectivity index (χ4n) is 8.12. The molecule has 6 fully saturated rings. The molecule has 8 nitrogen and oxygen atoms in total. The summed E-state index contributed by atoms with van der Waals surface area (Å²) in [4.78, 5) is 17.2. The number of benzene rings is 1. The van der Waals surface area contributed by atoms with Crippen LogP contribution in [0.2, 0.25) is 0 Å². The average Bonchev–Trinajstić information content (AvgIpc) is 3.14. The van der Waals surface area contributed by atoms with Crippen LogP contribution in [0.5, 0.6) is 0 Å². The van der Waals surface area contributed by atoms with Gasteiger partial charge in [-0.05, 0) is 101 Å². The monoisotopic (exact) mass is 500 g/mol. The topological polar surface area (TPSA) is 123 Å². The van der Waals surface area contributed by atoms with Gasteiger partial charge in [-0.3, -0.25) is 4.79 Å². The van der Waals surface area contributed by atoms with Gasteiger partial charge in [0.1, 0.15) is 10.9 Å². The summed E-state index contributed by atoms with van der Waals surface area (Å²) in [6.45, 7) is 5.65. The van der Waals surface area contributed by atoms with Crippen LogP contribution in [0.4, 0.5) is 0 Å². The van der Waals surface area contributed by atoms with Crippen molar-refractivity contribution in [2.45, 2.75) is 81.1 Å². The number of carbonyl (C=O) groups is 1. The molecule has 1 aromatic carbocycles. The molecule has 4 aliphatic carbocycles. The van der Waals surface area contributed by atoms with E-state index in [9.17, 15) is 13.2 Å². The average molecular weight is 501 g/mol. The SMILES string of the molecule is CC1(C)OC(=NC23CC4CC2CC(C(N)=O)(C4)C3)NS(=O)(=O)[C@@H]1c1ccc(C2CCNCC2)cc1. The number of aliphatic imine (C=N–C) groups is 1. The van der Waals surface area contributed by atoms with Gasteiger partial charge in [0.05, 0.1) is 11.0 Å². The van der Waals surface area contributed by atoms with Crippen molar-refractivity contribution in [1.29, 1.82) is 0 Å². The molecule has 35 heavy (non-hydrogen) atoms. The summed E-state index contributed by atoms with van der Waals surface area (Å²) in [5.41, 5.74) is 5.81. The van der Waals surface area contributed by atoms with Gasteiger partial charge in [-0.15, -0.1) is 0 Å². The normalized spacial score (nSPS) is 40.4. The van der Waals surface area contributed by atoms with Crippen LogP contribution >= 0.6 is 0 Å². The minimum atomic E-state index is -3.79. The Hall–Kier alpha value is -2.13. The molecule has 2 saturated heterocycles. The number of hydrogen-bond acceptors (Lipinski definition) is 6. The highest BCUT2D eigenvalue weighted by atomic mass is 32.2. The Balaban J connectivity index is 1.27. The van der Waals surface area contributed by atoms with Crippen molar-refractivity contribution in [3.05, 3.63) is 35.4 Å². The minimum Gasteiger partial charge on any atom is -0.457 e. The molecule has 9 heteroatoms. The molecule has 5 atom stereocenters. The van der Waals surface area contributed by atoms with Crippen LogP contribution in [0.1, 0.15) is 81.1 Å². The molecule has 190 valence electrons. The van der Waals surface area contributed by atoms with Gasteiger partial charge in [0.25, 0.3) is 6.02 Å². The Morgan fingerprint density at radius 3 is 2.43 bits per heavy atom. The molecule has 4 N–H and O–H groups in total. The molecular formula is C26H36N4O4S. The van der Waals surface area contributed by atoms with Gasteiger partial charge in [0.15, 0.2) is 0 Å². The van der Waals surface area contributed by atoms with E-state index in [2.05, 4.69) is 22.2 Å². The molecule has 1 amide bonds. The zero-order valence-corrected chi connectivity index (χ0v) is 21.4. The smallest absolute Gasteiger partial charge is 0.299 e. The second kappa shape index (κ2) is 7.68. The number of nitrogens with zero attached hydrogens (tertiary/aromatic N) is 1. The highest BCUT2D eigenvalue weighted by Crippen LogP contribution is 2.67. The minimum absolute atomic E-state index is 0.0606. The maximum absolute atomic E-state index is 13.5. The first kappa shape index (κ1) is 23.3. The number of ether oxygens (including phenoxy) is 1. The molecule has 7 rings (SSSR count). The van der Waals surface area contributed by atoms with Crippen LogP contribution in [0.15, 0.2) is 29.3 Å². The van der Waals surface area contributed by atoms with Crippen molar-refractivity contribution < 1.29 is 17.9 Å². The van der Waals surface area contributed by atoms with Crippen LogP contribution in [0.3, 0.4) is 0 Å². The summed E-state index contributed by atoms with van der Waals surface area (Å²) < 4.78 is 36.0. The molecule has 2 aliphatic heterocycles. The fraction of sp³-hybridized carbons (Fsp3) is 0.692. The van der Waals surface area contributed by atoms with Crippen LogP contribution in [-0.2, 0) is 19.6 Å². The predicted molar refractivity (Wildman–Crippen MR) is 133 cm³/mol. The number of carbonyl (C=O) groups excluding carboxylic acids is 1. The Morgan fingerprint density at radius 2 is 1.77 bits per heavy atom. The molecule has 4 bridgehead atoms. The molecule has 6 aliphatic rings. The van der Waals surface area contributed by atoms with Gasteiger partial charge in [-0.2, -0.15) is 0 Å². The van der Waals surface area contributed by atoms with E-state index in [-0.39, 0.29) is 17.8 Å². The van der Waals surface area contributed by atoms with Gasteiger partial charge < -0.3 is 15.8 Å². The van der Waals surface area contributed by atoms with Crippen molar-refractivity contribution >= 4 is 22.0 Å². The maximum Gasteiger partial charge on any atom is 0.299 e. The number of nitrogens with one attached hydrogen (secondary N) is 2. The second-order valence-corrected chi connectivity index (χ2v) is 13.9. The molecule has 4 unspecified atom stereocenters. The zero-order valence-electron chi connectivity index (χ0n) is 20.5. The van der Waals surface area contributed by atoms with E-state index in [4.69, 9.17) is 15.5 Å². The zero-order chi connectivity index (χ0) is 24.6. The van der Waals surface area contributed by atoms with Crippen molar-refractivity contribution in [3.8, 4) is 0 Å². The number of piperidine rings is 1. The van der Waals surface area contributed by atoms with Crippen LogP contribution < -0.4 is 15.8 Å². The molecular weight excluding hydrogens is 464 g/mol. The quantitative estimate of drug-likeness (QED) is 0.587. The van der Waals surface area contributed by atoms with Gasteiger partial charge in [0.2, 0.25) is 15.9 Å². The third-order valence-electron chi connectivity index (χ3n) is 9.41. The van der Waals surface area contributed by atoms with Gasteiger partial charge in [-0.25, -0.2) is 18.1 Å². The summed E-state index contributed by atoms with van der Waals surface area (Å²) in [6, 6.07) is 8.06. The highest BCUT2D eigenvalue weighted by Gasteiger charge is 2.67. The standard InChI is InChI=1S/C26H36N4O4S/c1-24(2)21(19-5-3-17(4-6-19)18-7-9-28-10-8-18)35(32,33)30-23(34-24)29-26-13-16-11-20(26)14-25(12-16,15-26)22(27)31/h3-6,16,18,20-21,28H,7-15H2,1-2H3,(H2,27,31)(H,29,30)/t16?,20?,21-,25?,26?/m1/s1. The summed E-state index contributed by atoms with van der Waals surface area (Å²) in [7, 11) is -3.79. The molecule has 0 radical (unpaired) electrons. The first-order chi connectivity index (χ1) is 16.5. The molecule has 0 aromatic heterocycles. The van der Waals surface area contributed by atoms with E-state index in [1.165, 1.54) is 5.56 Å².